The summed E-state index contributed by atoms with van der Waals surface area (Å²) in [7, 11) is 0. The summed E-state index contributed by atoms with van der Waals surface area (Å²) in [5.74, 6) is 0.914. The maximum Gasteiger partial charge on any atom is 0.143 e. The van der Waals surface area contributed by atoms with Crippen molar-refractivity contribution in [2.75, 3.05) is 32.7 Å². The number of carbonyl (C=O) groups excluding carboxylic acids is 1. The van der Waals surface area contributed by atoms with Crippen molar-refractivity contribution in [1.29, 1.82) is 0 Å². The highest BCUT2D eigenvalue weighted by Gasteiger charge is 2.19. The Bertz CT molecular complexity index is 858. The first-order valence-electron chi connectivity index (χ1n) is 12.3. The van der Waals surface area contributed by atoms with Crippen LogP contribution in [-0.2, 0) is 36.9 Å². The van der Waals surface area contributed by atoms with Gasteiger partial charge in [0.05, 0.1) is 6.54 Å². The van der Waals surface area contributed by atoms with E-state index in [0.717, 1.165) is 32.2 Å². The monoisotopic (exact) mass is 418 g/mol. The van der Waals surface area contributed by atoms with Gasteiger partial charge in [0.15, 0.2) is 0 Å². The fraction of sp³-hybridized carbons (Fsp3) is 0.536. The van der Waals surface area contributed by atoms with Crippen molar-refractivity contribution in [2.45, 2.75) is 58.3 Å². The van der Waals surface area contributed by atoms with Crippen LogP contribution in [0, 0.1) is 5.92 Å². The Balaban J connectivity index is 1.31. The molecule has 0 spiro atoms. The number of hydrogen-bond acceptors (Lipinski definition) is 3. The van der Waals surface area contributed by atoms with Crippen molar-refractivity contribution in [3.8, 4) is 0 Å². The molecule has 0 amide bonds. The SMILES string of the molecule is CC(=O)CNCC1CCCN(CCCc2cc3ccc2CCc2ccc(cc2)CC3)C1. The molecule has 166 valence electrons. The molecule has 1 fully saturated rings. The van der Waals surface area contributed by atoms with Crippen LogP contribution in [0.4, 0.5) is 0 Å². The van der Waals surface area contributed by atoms with E-state index in [1.807, 2.05) is 0 Å². The highest BCUT2D eigenvalue weighted by molar-refractivity contribution is 5.77. The molecule has 1 aliphatic heterocycles. The number of piperidine rings is 1. The van der Waals surface area contributed by atoms with Crippen molar-refractivity contribution in [3.63, 3.8) is 0 Å². The van der Waals surface area contributed by atoms with Crippen LogP contribution in [0.5, 0.6) is 0 Å². The molecule has 0 saturated carbocycles. The van der Waals surface area contributed by atoms with Crippen LogP contribution >= 0.6 is 0 Å². The average molecular weight is 419 g/mol. The first-order chi connectivity index (χ1) is 15.2. The second-order valence-electron chi connectivity index (χ2n) is 9.66. The largest absolute Gasteiger partial charge is 0.310 e. The Morgan fingerprint density at radius 3 is 2.48 bits per heavy atom. The Hall–Kier alpha value is -1.97. The van der Waals surface area contributed by atoms with Gasteiger partial charge in [0.2, 0.25) is 0 Å². The lowest BCUT2D eigenvalue weighted by molar-refractivity contribution is -0.116. The van der Waals surface area contributed by atoms with Gasteiger partial charge in [0.1, 0.15) is 5.78 Å². The molecule has 1 heterocycles. The van der Waals surface area contributed by atoms with Gasteiger partial charge in [-0.2, -0.15) is 0 Å². The highest BCUT2D eigenvalue weighted by atomic mass is 16.1. The van der Waals surface area contributed by atoms with Crippen molar-refractivity contribution in [1.82, 2.24) is 10.2 Å². The third kappa shape index (κ3) is 6.75. The summed E-state index contributed by atoms with van der Waals surface area (Å²) in [6, 6.07) is 16.5. The average Bonchev–Trinajstić information content (AvgIpc) is 2.76. The molecule has 3 nitrogen and oxygen atoms in total. The summed E-state index contributed by atoms with van der Waals surface area (Å²) in [4.78, 5) is 13.8. The Kier molecular flexibility index (Phi) is 7.93. The molecule has 0 aromatic heterocycles. The van der Waals surface area contributed by atoms with Crippen LogP contribution in [0.15, 0.2) is 42.5 Å². The minimum absolute atomic E-state index is 0.230. The van der Waals surface area contributed by atoms with Gasteiger partial charge in [-0.15, -0.1) is 0 Å². The number of hydrogen-bond donors (Lipinski definition) is 1. The Morgan fingerprint density at radius 2 is 1.71 bits per heavy atom. The van der Waals surface area contributed by atoms with Gasteiger partial charge in [-0.3, -0.25) is 4.79 Å². The maximum absolute atomic E-state index is 11.2. The molecule has 1 unspecified atom stereocenters. The number of carbonyl (C=O) groups is 1. The molecule has 3 heteroatoms. The van der Waals surface area contributed by atoms with E-state index < -0.39 is 0 Å². The zero-order chi connectivity index (χ0) is 21.5. The van der Waals surface area contributed by atoms with Crippen LogP contribution in [0.2, 0.25) is 0 Å². The van der Waals surface area contributed by atoms with Crippen LogP contribution in [-0.4, -0.2) is 43.4 Å². The summed E-state index contributed by atoms with van der Waals surface area (Å²) in [6.45, 7) is 6.74. The Morgan fingerprint density at radius 1 is 1.00 bits per heavy atom. The molecular formula is C28H38N2O. The van der Waals surface area contributed by atoms with Crippen molar-refractivity contribution < 1.29 is 4.79 Å². The van der Waals surface area contributed by atoms with E-state index >= 15 is 0 Å². The fourth-order valence-electron chi connectivity index (χ4n) is 5.22. The smallest absolute Gasteiger partial charge is 0.143 e. The molecule has 1 atom stereocenters. The lowest BCUT2D eigenvalue weighted by atomic mass is 9.91. The minimum Gasteiger partial charge on any atom is -0.310 e. The van der Waals surface area contributed by atoms with Gasteiger partial charge in [-0.25, -0.2) is 0 Å². The van der Waals surface area contributed by atoms with Gasteiger partial charge >= 0.3 is 0 Å². The maximum atomic E-state index is 11.2. The molecule has 4 aliphatic carbocycles. The van der Waals surface area contributed by atoms with E-state index in [9.17, 15) is 4.79 Å². The minimum atomic E-state index is 0.230. The number of benzene rings is 2. The number of aryl methyl sites for hydroxylation is 5. The first-order valence-corrected chi connectivity index (χ1v) is 12.3. The number of likely N-dealkylation sites (tertiary alicyclic amines) is 1. The topological polar surface area (TPSA) is 32.3 Å². The number of nitrogens with one attached hydrogen (secondary N) is 1. The molecule has 4 bridgehead atoms. The number of nitrogens with zero attached hydrogens (tertiary/aromatic N) is 1. The van der Waals surface area contributed by atoms with Gasteiger partial charge in [0.25, 0.3) is 0 Å². The lowest BCUT2D eigenvalue weighted by Gasteiger charge is -2.33. The fourth-order valence-corrected chi connectivity index (χ4v) is 5.22. The third-order valence-corrected chi connectivity index (χ3v) is 7.01. The molecule has 0 radical (unpaired) electrons. The predicted octanol–water partition coefficient (Wildman–Crippen LogP) is 4.39. The molecule has 1 saturated heterocycles. The zero-order valence-corrected chi connectivity index (χ0v) is 19.2. The van der Waals surface area contributed by atoms with Crippen LogP contribution in [0.25, 0.3) is 0 Å². The molecule has 1 N–H and O–H groups in total. The highest BCUT2D eigenvalue weighted by Crippen LogP contribution is 2.21. The Labute approximate surface area is 188 Å². The molecule has 7 rings (SSSR count). The molecule has 2 aromatic carbocycles. The lowest BCUT2D eigenvalue weighted by Crippen LogP contribution is -2.40. The van der Waals surface area contributed by atoms with Crippen LogP contribution in [0.1, 0.15) is 54.0 Å². The van der Waals surface area contributed by atoms with E-state index in [0.29, 0.717) is 12.5 Å². The van der Waals surface area contributed by atoms with Gasteiger partial charge < -0.3 is 10.2 Å². The zero-order valence-electron chi connectivity index (χ0n) is 19.2. The van der Waals surface area contributed by atoms with Crippen LogP contribution in [0.3, 0.4) is 0 Å². The standard InChI is InChI=1S/C28H38N2O/c1-22(31)19-29-20-26-4-2-16-30(21-26)17-3-5-28-18-25-11-10-23-6-8-24(9-7-23)12-14-27(28)15-13-25/h6-9,13,15,18,26,29H,2-5,10-12,14,16-17,19-21H2,1H3. The summed E-state index contributed by atoms with van der Waals surface area (Å²) in [5.41, 5.74) is 7.50. The van der Waals surface area contributed by atoms with E-state index in [1.165, 1.54) is 62.0 Å². The summed E-state index contributed by atoms with van der Waals surface area (Å²) in [6.07, 6.45) is 9.53. The summed E-state index contributed by atoms with van der Waals surface area (Å²) >= 11 is 0. The molecular weight excluding hydrogens is 380 g/mol. The molecule has 5 aliphatic rings. The quantitative estimate of drug-likeness (QED) is 0.690. The summed E-state index contributed by atoms with van der Waals surface area (Å²) < 4.78 is 0. The second kappa shape index (κ2) is 11.1. The summed E-state index contributed by atoms with van der Waals surface area (Å²) in [5, 5.41) is 3.33. The number of Topliss-reactive ketones (excluding diaryl/α,β-unsaturated/α-hetero) is 1. The van der Waals surface area contributed by atoms with Crippen molar-refractivity contribution >= 4 is 5.78 Å². The molecule has 31 heavy (non-hydrogen) atoms. The number of ketones is 1. The van der Waals surface area contributed by atoms with Gasteiger partial charge in [-0.1, -0.05) is 42.5 Å². The van der Waals surface area contributed by atoms with Gasteiger partial charge in [-0.05, 0) is 112 Å². The first kappa shape index (κ1) is 22.2. The van der Waals surface area contributed by atoms with E-state index in [1.54, 1.807) is 18.1 Å². The number of rotatable bonds is 8. The molecule has 2 aromatic rings. The second-order valence-corrected chi connectivity index (χ2v) is 9.66. The van der Waals surface area contributed by atoms with Crippen molar-refractivity contribution in [3.05, 3.63) is 70.3 Å². The normalized spacial score (nSPS) is 19.2. The van der Waals surface area contributed by atoms with E-state index in [-0.39, 0.29) is 5.78 Å². The van der Waals surface area contributed by atoms with Gasteiger partial charge in [0, 0.05) is 6.54 Å². The van der Waals surface area contributed by atoms with E-state index in [4.69, 9.17) is 0 Å². The van der Waals surface area contributed by atoms with E-state index in [2.05, 4.69) is 52.7 Å². The van der Waals surface area contributed by atoms with Crippen molar-refractivity contribution in [2.24, 2.45) is 5.92 Å². The third-order valence-electron chi connectivity index (χ3n) is 7.01. The van der Waals surface area contributed by atoms with Crippen LogP contribution < -0.4 is 5.32 Å². The predicted molar refractivity (Wildman–Crippen MR) is 129 cm³/mol.